The molecule has 1 aliphatic rings. The van der Waals surface area contributed by atoms with E-state index in [4.69, 9.17) is 4.74 Å². The Bertz CT molecular complexity index is 342. The van der Waals surface area contributed by atoms with Crippen LogP contribution < -0.4 is 10.2 Å². The summed E-state index contributed by atoms with van der Waals surface area (Å²) in [5.41, 5.74) is 2.68. The SMILES string of the molecule is CCOC1CCN(c2ccc(CNC)cc2)CC1. The van der Waals surface area contributed by atoms with E-state index in [9.17, 15) is 0 Å². The number of piperidine rings is 1. The van der Waals surface area contributed by atoms with Crippen molar-refractivity contribution in [1.29, 1.82) is 0 Å². The highest BCUT2D eigenvalue weighted by Crippen LogP contribution is 2.21. The number of hydrogen-bond donors (Lipinski definition) is 1. The van der Waals surface area contributed by atoms with Crippen LogP contribution in [0.4, 0.5) is 5.69 Å². The molecule has 0 amide bonds. The molecule has 0 spiro atoms. The first-order valence-corrected chi connectivity index (χ1v) is 6.93. The first-order valence-electron chi connectivity index (χ1n) is 6.93. The highest BCUT2D eigenvalue weighted by Gasteiger charge is 2.19. The van der Waals surface area contributed by atoms with E-state index >= 15 is 0 Å². The average molecular weight is 248 g/mol. The quantitative estimate of drug-likeness (QED) is 0.866. The Morgan fingerprint density at radius 1 is 1.22 bits per heavy atom. The van der Waals surface area contributed by atoms with Crippen LogP contribution >= 0.6 is 0 Å². The van der Waals surface area contributed by atoms with Crippen LogP contribution in [-0.4, -0.2) is 32.8 Å². The van der Waals surface area contributed by atoms with E-state index in [0.29, 0.717) is 6.10 Å². The Balaban J connectivity index is 1.89. The van der Waals surface area contributed by atoms with Crippen molar-refractivity contribution in [3.05, 3.63) is 29.8 Å². The molecule has 0 saturated carbocycles. The Morgan fingerprint density at radius 3 is 2.44 bits per heavy atom. The average Bonchev–Trinajstić information content (AvgIpc) is 2.41. The third kappa shape index (κ3) is 3.47. The zero-order valence-corrected chi connectivity index (χ0v) is 11.5. The molecule has 1 aromatic carbocycles. The predicted molar refractivity (Wildman–Crippen MR) is 76.1 cm³/mol. The van der Waals surface area contributed by atoms with E-state index < -0.39 is 0 Å². The van der Waals surface area contributed by atoms with Gasteiger partial charge < -0.3 is 15.0 Å². The number of nitrogens with zero attached hydrogens (tertiary/aromatic N) is 1. The minimum absolute atomic E-state index is 0.467. The fourth-order valence-corrected chi connectivity index (χ4v) is 2.55. The number of benzene rings is 1. The van der Waals surface area contributed by atoms with E-state index in [1.165, 1.54) is 11.3 Å². The topological polar surface area (TPSA) is 24.5 Å². The molecule has 1 saturated heterocycles. The highest BCUT2D eigenvalue weighted by atomic mass is 16.5. The molecule has 100 valence electrons. The summed E-state index contributed by atoms with van der Waals surface area (Å²) in [5, 5.41) is 3.17. The fraction of sp³-hybridized carbons (Fsp3) is 0.600. The van der Waals surface area contributed by atoms with Crippen molar-refractivity contribution >= 4 is 5.69 Å². The van der Waals surface area contributed by atoms with Gasteiger partial charge in [0.1, 0.15) is 0 Å². The van der Waals surface area contributed by atoms with Crippen LogP contribution in [-0.2, 0) is 11.3 Å². The molecule has 1 N–H and O–H groups in total. The van der Waals surface area contributed by atoms with Crippen LogP contribution in [0.2, 0.25) is 0 Å². The molecule has 0 radical (unpaired) electrons. The molecular formula is C15H24N2O. The van der Waals surface area contributed by atoms with Gasteiger partial charge in [0.15, 0.2) is 0 Å². The summed E-state index contributed by atoms with van der Waals surface area (Å²) in [6.45, 7) is 6.06. The van der Waals surface area contributed by atoms with Crippen molar-refractivity contribution in [2.45, 2.75) is 32.4 Å². The van der Waals surface area contributed by atoms with Crippen molar-refractivity contribution in [2.24, 2.45) is 0 Å². The van der Waals surface area contributed by atoms with Crippen LogP contribution in [0.3, 0.4) is 0 Å². The predicted octanol–water partition coefficient (Wildman–Crippen LogP) is 2.41. The highest BCUT2D eigenvalue weighted by molar-refractivity contribution is 5.48. The van der Waals surface area contributed by atoms with Crippen LogP contribution in [0.5, 0.6) is 0 Å². The van der Waals surface area contributed by atoms with Crippen LogP contribution in [0, 0.1) is 0 Å². The summed E-state index contributed by atoms with van der Waals surface area (Å²) in [4.78, 5) is 2.46. The van der Waals surface area contributed by atoms with Gasteiger partial charge in [0.2, 0.25) is 0 Å². The maximum atomic E-state index is 5.68. The van der Waals surface area contributed by atoms with Crippen LogP contribution in [0.1, 0.15) is 25.3 Å². The number of rotatable bonds is 5. The standard InChI is InChI=1S/C15H24N2O/c1-3-18-15-8-10-17(11-9-15)14-6-4-13(5-7-14)12-16-2/h4-7,15-16H,3,8-12H2,1-2H3. The maximum absolute atomic E-state index is 5.68. The molecule has 1 heterocycles. The molecule has 3 heteroatoms. The number of ether oxygens (including phenoxy) is 1. The number of anilines is 1. The summed E-state index contributed by atoms with van der Waals surface area (Å²) in [6, 6.07) is 8.88. The second-order valence-corrected chi connectivity index (χ2v) is 4.84. The van der Waals surface area contributed by atoms with Crippen molar-refractivity contribution in [1.82, 2.24) is 5.32 Å². The molecular weight excluding hydrogens is 224 g/mol. The Labute approximate surface area is 110 Å². The largest absolute Gasteiger partial charge is 0.378 e. The van der Waals surface area contributed by atoms with E-state index in [1.54, 1.807) is 0 Å². The van der Waals surface area contributed by atoms with Gasteiger partial charge in [-0.15, -0.1) is 0 Å². The van der Waals surface area contributed by atoms with Gasteiger partial charge in [-0.3, -0.25) is 0 Å². The van der Waals surface area contributed by atoms with Crippen molar-refractivity contribution in [3.63, 3.8) is 0 Å². The lowest BCUT2D eigenvalue weighted by atomic mass is 10.1. The van der Waals surface area contributed by atoms with Gasteiger partial charge in [0.25, 0.3) is 0 Å². The lowest BCUT2D eigenvalue weighted by Crippen LogP contribution is -2.37. The number of nitrogens with one attached hydrogen (secondary N) is 1. The zero-order chi connectivity index (χ0) is 12.8. The van der Waals surface area contributed by atoms with Gasteiger partial charge in [0, 0.05) is 31.9 Å². The van der Waals surface area contributed by atoms with E-state index in [1.807, 2.05) is 7.05 Å². The molecule has 1 aromatic rings. The van der Waals surface area contributed by atoms with Crippen molar-refractivity contribution in [2.75, 3.05) is 31.6 Å². The van der Waals surface area contributed by atoms with Crippen molar-refractivity contribution in [3.8, 4) is 0 Å². The van der Waals surface area contributed by atoms with Crippen LogP contribution in [0.25, 0.3) is 0 Å². The lowest BCUT2D eigenvalue weighted by molar-refractivity contribution is 0.0459. The van der Waals surface area contributed by atoms with E-state index in [2.05, 4.69) is 41.4 Å². The smallest absolute Gasteiger partial charge is 0.0608 e. The first kappa shape index (κ1) is 13.4. The Morgan fingerprint density at radius 2 is 1.89 bits per heavy atom. The monoisotopic (exact) mass is 248 g/mol. The summed E-state index contributed by atoms with van der Waals surface area (Å²) >= 11 is 0. The molecule has 0 bridgehead atoms. The van der Waals surface area contributed by atoms with Gasteiger partial charge in [-0.25, -0.2) is 0 Å². The van der Waals surface area contributed by atoms with Gasteiger partial charge >= 0.3 is 0 Å². The summed E-state index contributed by atoms with van der Waals surface area (Å²) in [7, 11) is 1.98. The first-order chi connectivity index (χ1) is 8.83. The maximum Gasteiger partial charge on any atom is 0.0608 e. The minimum atomic E-state index is 0.467. The lowest BCUT2D eigenvalue weighted by Gasteiger charge is -2.33. The fourth-order valence-electron chi connectivity index (χ4n) is 2.55. The van der Waals surface area contributed by atoms with Gasteiger partial charge in [-0.1, -0.05) is 12.1 Å². The summed E-state index contributed by atoms with van der Waals surface area (Å²) in [6.07, 6.45) is 2.76. The van der Waals surface area contributed by atoms with Gasteiger partial charge in [-0.2, -0.15) is 0 Å². The molecule has 0 atom stereocenters. The van der Waals surface area contributed by atoms with Gasteiger partial charge in [0.05, 0.1) is 6.10 Å². The van der Waals surface area contributed by atoms with E-state index in [0.717, 1.165) is 39.1 Å². The summed E-state index contributed by atoms with van der Waals surface area (Å²) in [5.74, 6) is 0. The molecule has 1 fully saturated rings. The molecule has 3 nitrogen and oxygen atoms in total. The second kappa shape index (κ2) is 6.76. The zero-order valence-electron chi connectivity index (χ0n) is 11.5. The molecule has 2 rings (SSSR count). The third-order valence-electron chi connectivity index (χ3n) is 3.53. The molecule has 18 heavy (non-hydrogen) atoms. The van der Waals surface area contributed by atoms with Gasteiger partial charge in [-0.05, 0) is 44.5 Å². The molecule has 0 aliphatic carbocycles. The molecule has 0 aromatic heterocycles. The molecule has 1 aliphatic heterocycles. The van der Waals surface area contributed by atoms with Crippen LogP contribution in [0.15, 0.2) is 24.3 Å². The molecule has 0 unspecified atom stereocenters. The second-order valence-electron chi connectivity index (χ2n) is 4.84. The third-order valence-corrected chi connectivity index (χ3v) is 3.53. The normalized spacial score (nSPS) is 17.1. The Kier molecular flexibility index (Phi) is 5.02. The van der Waals surface area contributed by atoms with Crippen molar-refractivity contribution < 1.29 is 4.74 Å². The van der Waals surface area contributed by atoms with E-state index in [-0.39, 0.29) is 0 Å². The minimum Gasteiger partial charge on any atom is -0.378 e. The Hall–Kier alpha value is -1.06. The number of hydrogen-bond acceptors (Lipinski definition) is 3. The summed E-state index contributed by atoms with van der Waals surface area (Å²) < 4.78 is 5.68.